The normalized spacial score (nSPS) is 15.1. The molecule has 0 aliphatic carbocycles. The van der Waals surface area contributed by atoms with Crippen LogP contribution in [-0.2, 0) is 0 Å². The predicted molar refractivity (Wildman–Crippen MR) is 69.2 cm³/mol. The van der Waals surface area contributed by atoms with Crippen LogP contribution in [0.1, 0.15) is 18.5 Å². The molecule has 0 bridgehead atoms. The minimum absolute atomic E-state index is 0.0875. The maximum atomic E-state index is 12.2. The van der Waals surface area contributed by atoms with Gasteiger partial charge < -0.3 is 15.2 Å². The van der Waals surface area contributed by atoms with Gasteiger partial charge in [0, 0.05) is 16.1 Å². The van der Waals surface area contributed by atoms with Gasteiger partial charge in [-0.3, -0.25) is 0 Å². The van der Waals surface area contributed by atoms with Gasteiger partial charge >= 0.3 is 6.18 Å². The average molecular weight is 342 g/mol. The van der Waals surface area contributed by atoms with Crippen LogP contribution in [0, 0.1) is 0 Å². The Morgan fingerprint density at radius 3 is 2.58 bits per heavy atom. The summed E-state index contributed by atoms with van der Waals surface area (Å²) < 4.78 is 42.4. The summed E-state index contributed by atoms with van der Waals surface area (Å²) in [6, 6.07) is 4.91. The van der Waals surface area contributed by atoms with Crippen molar-refractivity contribution >= 4 is 15.9 Å². The fourth-order valence-corrected chi connectivity index (χ4v) is 1.79. The van der Waals surface area contributed by atoms with E-state index in [0.29, 0.717) is 11.3 Å². The zero-order chi connectivity index (χ0) is 14.6. The number of hydrogen-bond acceptors (Lipinski definition) is 3. The molecule has 3 nitrogen and oxygen atoms in total. The van der Waals surface area contributed by atoms with Crippen LogP contribution in [0.3, 0.4) is 0 Å². The van der Waals surface area contributed by atoms with E-state index in [4.69, 9.17) is 9.84 Å². The first kappa shape index (κ1) is 16.3. The Hall–Kier alpha value is -0.790. The second-order valence-corrected chi connectivity index (χ2v) is 4.98. The van der Waals surface area contributed by atoms with Crippen LogP contribution >= 0.6 is 15.9 Å². The molecule has 0 saturated heterocycles. The van der Waals surface area contributed by atoms with E-state index >= 15 is 0 Å². The van der Waals surface area contributed by atoms with E-state index in [1.54, 1.807) is 25.2 Å². The lowest BCUT2D eigenvalue weighted by Gasteiger charge is -2.19. The number of nitrogens with one attached hydrogen (secondary N) is 1. The Bertz CT molecular complexity index is 426. The lowest BCUT2D eigenvalue weighted by molar-refractivity contribution is -0.210. The van der Waals surface area contributed by atoms with Crippen LogP contribution in [0.2, 0.25) is 0 Å². The molecule has 19 heavy (non-hydrogen) atoms. The fraction of sp³-hybridized carbons (Fsp3) is 0.500. The van der Waals surface area contributed by atoms with E-state index in [9.17, 15) is 13.2 Å². The van der Waals surface area contributed by atoms with Gasteiger partial charge in [0.15, 0.2) is 6.10 Å². The maximum Gasteiger partial charge on any atom is 0.417 e. The highest BCUT2D eigenvalue weighted by Gasteiger charge is 2.38. The smallest absolute Gasteiger partial charge is 0.417 e. The second-order valence-electron chi connectivity index (χ2n) is 4.06. The van der Waals surface area contributed by atoms with Crippen molar-refractivity contribution in [2.45, 2.75) is 25.2 Å². The monoisotopic (exact) mass is 341 g/mol. The fourth-order valence-electron chi connectivity index (χ4n) is 1.41. The molecule has 1 aromatic carbocycles. The maximum absolute atomic E-state index is 12.2. The number of rotatable bonds is 5. The van der Waals surface area contributed by atoms with E-state index in [2.05, 4.69) is 21.2 Å². The minimum atomic E-state index is -4.68. The van der Waals surface area contributed by atoms with Gasteiger partial charge in [-0.15, -0.1) is 0 Å². The second kappa shape index (κ2) is 6.58. The molecule has 2 unspecified atom stereocenters. The molecule has 2 N–H and O–H groups in total. The van der Waals surface area contributed by atoms with Crippen molar-refractivity contribution in [3.63, 3.8) is 0 Å². The summed E-state index contributed by atoms with van der Waals surface area (Å²) in [4.78, 5) is 0. The van der Waals surface area contributed by atoms with E-state index in [0.717, 1.165) is 4.47 Å². The largest absolute Gasteiger partial charge is 0.490 e. The van der Waals surface area contributed by atoms with Crippen LogP contribution in [0.15, 0.2) is 22.7 Å². The number of hydrogen-bond donors (Lipinski definition) is 2. The van der Waals surface area contributed by atoms with Crippen molar-refractivity contribution in [1.82, 2.24) is 5.32 Å². The van der Waals surface area contributed by atoms with Crippen molar-refractivity contribution in [3.05, 3.63) is 28.2 Å². The van der Waals surface area contributed by atoms with Gasteiger partial charge in [0.1, 0.15) is 12.4 Å². The third-order valence-electron chi connectivity index (χ3n) is 2.65. The Morgan fingerprint density at radius 1 is 1.42 bits per heavy atom. The van der Waals surface area contributed by atoms with Crippen LogP contribution in [0.4, 0.5) is 13.2 Å². The molecule has 7 heteroatoms. The van der Waals surface area contributed by atoms with Gasteiger partial charge in [0.2, 0.25) is 0 Å². The molecule has 1 rings (SSSR count). The number of aliphatic hydroxyl groups is 1. The summed E-state index contributed by atoms with van der Waals surface area (Å²) in [5, 5.41) is 11.9. The van der Waals surface area contributed by atoms with Crippen LogP contribution in [0.25, 0.3) is 0 Å². The van der Waals surface area contributed by atoms with Crippen molar-refractivity contribution < 1.29 is 23.0 Å². The first-order chi connectivity index (χ1) is 8.75. The SMILES string of the molecule is CNC(C)c1cc(Br)ccc1OCC(O)C(F)(F)F. The van der Waals surface area contributed by atoms with E-state index in [-0.39, 0.29) is 6.04 Å². The number of alkyl halides is 3. The van der Waals surface area contributed by atoms with Gasteiger partial charge in [-0.2, -0.15) is 13.2 Å². The predicted octanol–water partition coefficient (Wildman–Crippen LogP) is 3.03. The summed E-state index contributed by atoms with van der Waals surface area (Å²) >= 11 is 3.29. The molecule has 0 radical (unpaired) electrons. The molecule has 0 saturated carbocycles. The lowest BCUT2D eigenvalue weighted by Crippen LogP contribution is -2.34. The summed E-state index contributed by atoms with van der Waals surface area (Å²) in [6.07, 6.45) is -7.17. The molecule has 0 fully saturated rings. The Kier molecular flexibility index (Phi) is 5.64. The highest BCUT2D eigenvalue weighted by molar-refractivity contribution is 9.10. The van der Waals surface area contributed by atoms with Gasteiger partial charge in [0.25, 0.3) is 0 Å². The van der Waals surface area contributed by atoms with Crippen molar-refractivity contribution in [1.29, 1.82) is 0 Å². The van der Waals surface area contributed by atoms with Crippen molar-refractivity contribution in [3.8, 4) is 5.75 Å². The average Bonchev–Trinajstić information content (AvgIpc) is 2.34. The van der Waals surface area contributed by atoms with Crippen LogP contribution in [-0.4, -0.2) is 31.0 Å². The van der Waals surface area contributed by atoms with Crippen molar-refractivity contribution in [2.24, 2.45) is 0 Å². The third-order valence-corrected chi connectivity index (χ3v) is 3.14. The number of halogens is 4. The lowest BCUT2D eigenvalue weighted by atomic mass is 10.1. The molecule has 0 aromatic heterocycles. The summed E-state index contributed by atoms with van der Waals surface area (Å²) in [7, 11) is 1.74. The number of benzene rings is 1. The molecule has 0 spiro atoms. The standard InChI is InChI=1S/C12H15BrF3NO2/c1-7(17-2)9-5-8(13)3-4-10(9)19-6-11(18)12(14,15)16/h3-5,7,11,17-18H,6H2,1-2H3. The molecule has 0 aliphatic heterocycles. The van der Waals surface area contributed by atoms with E-state index in [1.165, 1.54) is 0 Å². The highest BCUT2D eigenvalue weighted by Crippen LogP contribution is 2.29. The van der Waals surface area contributed by atoms with Gasteiger partial charge in [-0.25, -0.2) is 0 Å². The van der Waals surface area contributed by atoms with Crippen molar-refractivity contribution in [2.75, 3.05) is 13.7 Å². The Balaban J connectivity index is 2.83. The molecule has 0 heterocycles. The molecular formula is C12H15BrF3NO2. The summed E-state index contributed by atoms with van der Waals surface area (Å²) in [5.41, 5.74) is 0.714. The molecule has 2 atom stereocenters. The molecular weight excluding hydrogens is 327 g/mol. The summed E-state index contributed by atoms with van der Waals surface area (Å²) in [6.45, 7) is 1.03. The number of ether oxygens (including phenoxy) is 1. The first-order valence-electron chi connectivity index (χ1n) is 5.60. The third kappa shape index (κ3) is 4.67. The van der Waals surface area contributed by atoms with Gasteiger partial charge in [-0.05, 0) is 32.2 Å². The highest BCUT2D eigenvalue weighted by atomic mass is 79.9. The Labute approximate surface area is 117 Å². The molecule has 0 amide bonds. The first-order valence-corrected chi connectivity index (χ1v) is 6.39. The topological polar surface area (TPSA) is 41.5 Å². The molecule has 1 aromatic rings. The molecule has 108 valence electrons. The van der Waals surface area contributed by atoms with E-state index < -0.39 is 18.9 Å². The zero-order valence-electron chi connectivity index (χ0n) is 10.5. The van der Waals surface area contributed by atoms with E-state index in [1.807, 2.05) is 6.92 Å². The van der Waals surface area contributed by atoms with Crippen LogP contribution < -0.4 is 10.1 Å². The minimum Gasteiger partial charge on any atom is -0.490 e. The van der Waals surface area contributed by atoms with Gasteiger partial charge in [0.05, 0.1) is 0 Å². The number of aliphatic hydroxyl groups excluding tert-OH is 1. The zero-order valence-corrected chi connectivity index (χ0v) is 12.0. The van der Waals surface area contributed by atoms with Gasteiger partial charge in [-0.1, -0.05) is 15.9 Å². The Morgan fingerprint density at radius 2 is 2.05 bits per heavy atom. The molecule has 0 aliphatic rings. The van der Waals surface area contributed by atoms with Crippen LogP contribution in [0.5, 0.6) is 5.75 Å². The quantitative estimate of drug-likeness (QED) is 0.864. The summed E-state index contributed by atoms with van der Waals surface area (Å²) in [5.74, 6) is 0.313.